The van der Waals surface area contributed by atoms with Crippen molar-refractivity contribution in [2.24, 2.45) is 0 Å². The summed E-state index contributed by atoms with van der Waals surface area (Å²) in [5, 5.41) is 3.83. The predicted molar refractivity (Wildman–Crippen MR) is 113 cm³/mol. The third kappa shape index (κ3) is 4.02. The first-order chi connectivity index (χ1) is 13.6. The summed E-state index contributed by atoms with van der Waals surface area (Å²) in [5.41, 5.74) is 2.92. The van der Waals surface area contributed by atoms with Gasteiger partial charge in [-0.1, -0.05) is 18.2 Å². The van der Waals surface area contributed by atoms with Gasteiger partial charge in [-0.3, -0.25) is 4.79 Å². The number of anilines is 2. The van der Waals surface area contributed by atoms with Crippen LogP contribution < -0.4 is 10.2 Å². The molecule has 2 aromatic carbocycles. The van der Waals surface area contributed by atoms with Gasteiger partial charge < -0.3 is 15.0 Å². The van der Waals surface area contributed by atoms with E-state index in [-0.39, 0.29) is 12.5 Å². The van der Waals surface area contributed by atoms with Gasteiger partial charge in [0, 0.05) is 29.2 Å². The van der Waals surface area contributed by atoms with Crippen LogP contribution in [0, 0.1) is 6.92 Å². The third-order valence-corrected chi connectivity index (χ3v) is 6.01. The summed E-state index contributed by atoms with van der Waals surface area (Å²) in [6.07, 6.45) is 2.45. The van der Waals surface area contributed by atoms with Crippen molar-refractivity contribution in [2.75, 3.05) is 29.9 Å². The minimum Gasteiger partial charge on any atom is -0.451 e. The zero-order chi connectivity index (χ0) is 19.5. The summed E-state index contributed by atoms with van der Waals surface area (Å²) in [6.45, 7) is 3.83. The molecule has 1 amide bonds. The second-order valence-corrected chi connectivity index (χ2v) is 8.05. The normalized spacial score (nSPS) is 13.7. The second-order valence-electron chi connectivity index (χ2n) is 6.97. The standard InChI is InChI=1S/C22H22N2O3S/c1-15-12-17(24-10-4-5-11-24)8-9-18(15)23-21(25)14-27-22(26)20-13-16-6-2-3-7-19(16)28-20/h2-3,6-9,12-13H,4-5,10-11,14H2,1H3,(H,23,25). The molecule has 1 aliphatic rings. The Kier molecular flexibility index (Phi) is 5.30. The SMILES string of the molecule is Cc1cc(N2CCCC2)ccc1NC(=O)COC(=O)c1cc2ccccc2s1. The zero-order valence-electron chi connectivity index (χ0n) is 15.7. The highest BCUT2D eigenvalue weighted by molar-refractivity contribution is 7.20. The highest BCUT2D eigenvalue weighted by atomic mass is 32.1. The van der Waals surface area contributed by atoms with E-state index >= 15 is 0 Å². The van der Waals surface area contributed by atoms with E-state index in [2.05, 4.69) is 16.3 Å². The maximum Gasteiger partial charge on any atom is 0.348 e. The van der Waals surface area contributed by atoms with Crippen molar-refractivity contribution in [3.8, 4) is 0 Å². The fraction of sp³-hybridized carbons (Fsp3) is 0.273. The van der Waals surface area contributed by atoms with E-state index in [1.807, 2.05) is 43.3 Å². The molecule has 28 heavy (non-hydrogen) atoms. The Balaban J connectivity index is 1.34. The Hall–Kier alpha value is -2.86. The number of amides is 1. The number of rotatable bonds is 5. The largest absolute Gasteiger partial charge is 0.451 e. The van der Waals surface area contributed by atoms with Gasteiger partial charge in [0.2, 0.25) is 0 Å². The van der Waals surface area contributed by atoms with Crippen molar-refractivity contribution in [3.05, 3.63) is 59.0 Å². The molecule has 1 fully saturated rings. The molecule has 1 saturated heterocycles. The first-order valence-electron chi connectivity index (χ1n) is 9.41. The number of fused-ring (bicyclic) bond motifs is 1. The Morgan fingerprint density at radius 3 is 2.64 bits per heavy atom. The van der Waals surface area contributed by atoms with Crippen molar-refractivity contribution in [2.45, 2.75) is 19.8 Å². The quantitative estimate of drug-likeness (QED) is 0.642. The van der Waals surface area contributed by atoms with E-state index in [1.54, 1.807) is 6.07 Å². The Morgan fingerprint density at radius 2 is 1.89 bits per heavy atom. The summed E-state index contributed by atoms with van der Waals surface area (Å²) >= 11 is 1.37. The molecule has 1 aliphatic heterocycles. The van der Waals surface area contributed by atoms with Crippen LogP contribution in [0.4, 0.5) is 11.4 Å². The van der Waals surface area contributed by atoms with E-state index in [4.69, 9.17) is 4.74 Å². The number of nitrogens with zero attached hydrogens (tertiary/aromatic N) is 1. The van der Waals surface area contributed by atoms with Gasteiger partial charge in [-0.15, -0.1) is 11.3 Å². The maximum atomic E-state index is 12.2. The third-order valence-electron chi connectivity index (χ3n) is 4.92. The minimum atomic E-state index is -0.475. The number of nitrogens with one attached hydrogen (secondary N) is 1. The van der Waals surface area contributed by atoms with E-state index < -0.39 is 5.97 Å². The molecule has 4 rings (SSSR count). The van der Waals surface area contributed by atoms with Crippen molar-refractivity contribution in [3.63, 3.8) is 0 Å². The lowest BCUT2D eigenvalue weighted by atomic mass is 10.1. The van der Waals surface area contributed by atoms with E-state index in [0.717, 1.165) is 34.4 Å². The molecular weight excluding hydrogens is 372 g/mol. The van der Waals surface area contributed by atoms with Gasteiger partial charge in [0.15, 0.2) is 6.61 Å². The molecule has 0 atom stereocenters. The monoisotopic (exact) mass is 394 g/mol. The van der Waals surface area contributed by atoms with Crippen LogP contribution in [-0.4, -0.2) is 31.6 Å². The van der Waals surface area contributed by atoms with Crippen molar-refractivity contribution >= 4 is 44.7 Å². The average molecular weight is 394 g/mol. The lowest BCUT2D eigenvalue weighted by molar-refractivity contribution is -0.119. The molecule has 5 nitrogen and oxygen atoms in total. The highest BCUT2D eigenvalue weighted by Crippen LogP contribution is 2.27. The van der Waals surface area contributed by atoms with Crippen LogP contribution in [-0.2, 0) is 9.53 Å². The number of thiophene rings is 1. The van der Waals surface area contributed by atoms with E-state index in [9.17, 15) is 9.59 Å². The van der Waals surface area contributed by atoms with Crippen LogP contribution in [0.15, 0.2) is 48.5 Å². The van der Waals surface area contributed by atoms with Crippen LogP contribution >= 0.6 is 11.3 Å². The number of hydrogen-bond acceptors (Lipinski definition) is 5. The molecule has 1 aromatic heterocycles. The molecule has 0 saturated carbocycles. The molecule has 144 valence electrons. The lowest BCUT2D eigenvalue weighted by Crippen LogP contribution is -2.21. The minimum absolute atomic E-state index is 0.305. The molecular formula is C22H22N2O3S. The van der Waals surface area contributed by atoms with Gasteiger partial charge in [-0.2, -0.15) is 0 Å². The fourth-order valence-electron chi connectivity index (χ4n) is 3.43. The predicted octanol–water partition coefficient (Wildman–Crippen LogP) is 4.61. The molecule has 3 aromatic rings. The number of hydrogen-bond donors (Lipinski definition) is 1. The Morgan fingerprint density at radius 1 is 1.11 bits per heavy atom. The zero-order valence-corrected chi connectivity index (χ0v) is 16.6. The molecule has 0 radical (unpaired) electrons. The molecule has 0 unspecified atom stereocenters. The summed E-state index contributed by atoms with van der Waals surface area (Å²) < 4.78 is 6.21. The van der Waals surface area contributed by atoms with Gasteiger partial charge in [0.25, 0.3) is 5.91 Å². The van der Waals surface area contributed by atoms with Crippen molar-refractivity contribution in [1.82, 2.24) is 0 Å². The summed E-state index contributed by atoms with van der Waals surface area (Å²) in [7, 11) is 0. The first-order valence-corrected chi connectivity index (χ1v) is 10.2. The van der Waals surface area contributed by atoms with Crippen molar-refractivity contribution in [1.29, 1.82) is 0 Å². The fourth-order valence-corrected chi connectivity index (χ4v) is 4.39. The van der Waals surface area contributed by atoms with Gasteiger partial charge in [-0.05, 0) is 61.0 Å². The number of esters is 1. The molecule has 0 bridgehead atoms. The summed E-state index contributed by atoms with van der Waals surface area (Å²) in [4.78, 5) is 27.3. The topological polar surface area (TPSA) is 58.6 Å². The Bertz CT molecular complexity index is 989. The molecule has 1 N–H and O–H groups in total. The number of carbonyl (C=O) groups excluding carboxylic acids is 2. The molecule has 0 spiro atoms. The van der Waals surface area contributed by atoms with Gasteiger partial charge in [-0.25, -0.2) is 4.79 Å². The summed E-state index contributed by atoms with van der Waals surface area (Å²) in [5.74, 6) is -0.816. The van der Waals surface area contributed by atoms with Crippen LogP contribution in [0.1, 0.15) is 28.1 Å². The van der Waals surface area contributed by atoms with Gasteiger partial charge in [0.1, 0.15) is 4.88 Å². The second kappa shape index (κ2) is 8.02. The lowest BCUT2D eigenvalue weighted by Gasteiger charge is -2.19. The number of carbonyl (C=O) groups is 2. The summed E-state index contributed by atoms with van der Waals surface area (Å²) in [6, 6.07) is 15.6. The number of aryl methyl sites for hydroxylation is 1. The van der Waals surface area contributed by atoms with Crippen LogP contribution in [0.5, 0.6) is 0 Å². The van der Waals surface area contributed by atoms with E-state index in [1.165, 1.54) is 29.9 Å². The van der Waals surface area contributed by atoms with Crippen molar-refractivity contribution < 1.29 is 14.3 Å². The van der Waals surface area contributed by atoms with Crippen LogP contribution in [0.3, 0.4) is 0 Å². The van der Waals surface area contributed by atoms with Crippen LogP contribution in [0.2, 0.25) is 0 Å². The smallest absolute Gasteiger partial charge is 0.348 e. The van der Waals surface area contributed by atoms with Crippen LogP contribution in [0.25, 0.3) is 10.1 Å². The number of ether oxygens (including phenoxy) is 1. The first kappa shape index (κ1) is 18.5. The van der Waals surface area contributed by atoms with E-state index in [0.29, 0.717) is 4.88 Å². The molecule has 2 heterocycles. The highest BCUT2D eigenvalue weighted by Gasteiger charge is 2.16. The molecule has 6 heteroatoms. The maximum absolute atomic E-state index is 12.2. The molecule has 0 aliphatic carbocycles. The number of benzene rings is 2. The van der Waals surface area contributed by atoms with Gasteiger partial charge in [0.05, 0.1) is 0 Å². The van der Waals surface area contributed by atoms with Gasteiger partial charge >= 0.3 is 5.97 Å². The average Bonchev–Trinajstić information content (AvgIpc) is 3.37. The Labute approximate surface area is 167 Å².